The minimum Gasteiger partial charge on any atom is -0.459 e. The molecule has 0 unspecified atom stereocenters. The average Bonchev–Trinajstić information content (AvgIpc) is 4.03. The van der Waals surface area contributed by atoms with E-state index >= 15 is 0 Å². The van der Waals surface area contributed by atoms with E-state index in [0.29, 0.717) is 22.8 Å². The summed E-state index contributed by atoms with van der Waals surface area (Å²) in [5.41, 5.74) is 7.92. The first kappa shape index (κ1) is 49.0. The van der Waals surface area contributed by atoms with Crippen molar-refractivity contribution in [1.82, 2.24) is 49.1 Å². The molecular weight excluding hydrogens is 879 g/mol. The van der Waals surface area contributed by atoms with Gasteiger partial charge >= 0.3 is 19.1 Å². The lowest BCUT2D eigenvalue weighted by Crippen LogP contribution is -2.41. The first-order valence-electron chi connectivity index (χ1n) is 20.8. The van der Waals surface area contributed by atoms with E-state index in [0.717, 1.165) is 38.8 Å². The van der Waals surface area contributed by atoms with Gasteiger partial charge in [0, 0.05) is 61.0 Å². The quantitative estimate of drug-likeness (QED) is 0.0748. The van der Waals surface area contributed by atoms with Crippen LogP contribution in [0.5, 0.6) is 0 Å². The Morgan fingerprint density at radius 3 is 1.53 bits per heavy atom. The Balaban J connectivity index is 0.000000188. The van der Waals surface area contributed by atoms with Gasteiger partial charge in [-0.1, -0.05) is 34.4 Å². The molecule has 18 heteroatoms. The van der Waals surface area contributed by atoms with Gasteiger partial charge in [0.15, 0.2) is 11.6 Å². The van der Waals surface area contributed by atoms with Crippen molar-refractivity contribution in [3.8, 4) is 22.8 Å². The molecule has 0 amide bonds. The number of carbonyl (C=O) groups excluding carboxylic acids is 2. The zero-order chi connectivity index (χ0) is 47.1. The Hall–Kier alpha value is -5.98. The van der Waals surface area contributed by atoms with Crippen LogP contribution in [0, 0.1) is 27.7 Å². The summed E-state index contributed by atoms with van der Waals surface area (Å²) >= 11 is 3.20. The highest BCUT2D eigenvalue weighted by atomic mass is 79.9. The summed E-state index contributed by atoms with van der Waals surface area (Å²) in [7, 11) is 3.38. The second-order valence-electron chi connectivity index (χ2n) is 17.2. The van der Waals surface area contributed by atoms with E-state index in [4.69, 9.17) is 18.8 Å². The van der Waals surface area contributed by atoms with Crippen molar-refractivity contribution in [2.24, 2.45) is 14.1 Å². The molecule has 6 aromatic rings. The van der Waals surface area contributed by atoms with Crippen LogP contribution in [-0.4, -0.2) is 91.6 Å². The summed E-state index contributed by atoms with van der Waals surface area (Å²) < 4.78 is 28.9. The van der Waals surface area contributed by atoms with Crippen molar-refractivity contribution in [1.29, 1.82) is 0 Å². The number of halogens is 1. The van der Waals surface area contributed by atoms with Crippen LogP contribution in [-0.2, 0) is 42.5 Å². The summed E-state index contributed by atoms with van der Waals surface area (Å²) in [6.07, 6.45) is 13.0. The molecule has 1 aliphatic heterocycles. The summed E-state index contributed by atoms with van der Waals surface area (Å²) in [6, 6.07) is 12.3. The maximum Gasteiger partial charge on any atom is 0.498 e. The highest BCUT2D eigenvalue weighted by Gasteiger charge is 2.52. The molecule has 4 aromatic heterocycles. The molecular formula is C46H58BBrN10O6. The van der Waals surface area contributed by atoms with E-state index in [1.54, 1.807) is 67.7 Å². The average molecular weight is 938 g/mol. The molecule has 0 saturated carbocycles. The minimum atomic E-state index is -0.432. The molecule has 338 valence electrons. The monoisotopic (exact) mass is 936 g/mol. The zero-order valence-corrected chi connectivity index (χ0v) is 40.7. The van der Waals surface area contributed by atoms with Crippen LogP contribution in [0.2, 0.25) is 0 Å². The summed E-state index contributed by atoms with van der Waals surface area (Å²) in [6.45, 7) is 23.5. The second kappa shape index (κ2) is 20.7. The van der Waals surface area contributed by atoms with Crippen molar-refractivity contribution in [2.45, 2.75) is 106 Å². The summed E-state index contributed by atoms with van der Waals surface area (Å²) in [5, 5.41) is 17.1. The number of carbonyl (C=O) groups is 2. The number of nitrogens with zero attached hydrogens (tertiary/aromatic N) is 10. The Morgan fingerprint density at radius 1 is 0.672 bits per heavy atom. The summed E-state index contributed by atoms with van der Waals surface area (Å²) in [4.78, 5) is 32.9. The lowest BCUT2D eigenvalue weighted by molar-refractivity contribution is -0.142. The van der Waals surface area contributed by atoms with Crippen molar-refractivity contribution >= 4 is 58.4 Å². The van der Waals surface area contributed by atoms with Crippen LogP contribution in [0.15, 0.2) is 78.3 Å². The number of hydrogen-bond donors (Lipinski definition) is 0. The lowest BCUT2D eigenvalue weighted by atomic mass is 9.82. The van der Waals surface area contributed by atoms with Crippen molar-refractivity contribution in [3.63, 3.8) is 0 Å². The molecule has 0 spiro atoms. The molecule has 0 radical (unpaired) electrons. The number of rotatable bonds is 10. The molecule has 16 nitrogen and oxygen atoms in total. The van der Waals surface area contributed by atoms with Gasteiger partial charge in [0.05, 0.1) is 41.4 Å². The van der Waals surface area contributed by atoms with Crippen LogP contribution >= 0.6 is 15.9 Å². The van der Waals surface area contributed by atoms with Crippen LogP contribution in [0.4, 0.5) is 0 Å². The fourth-order valence-electron chi connectivity index (χ4n) is 6.34. The molecule has 0 atom stereocenters. The molecule has 1 aliphatic rings. The van der Waals surface area contributed by atoms with E-state index in [9.17, 15) is 9.59 Å². The molecule has 64 heavy (non-hydrogen) atoms. The van der Waals surface area contributed by atoms with E-state index in [1.807, 2.05) is 107 Å². The zero-order valence-electron chi connectivity index (χ0n) is 39.1. The lowest BCUT2D eigenvalue weighted by Gasteiger charge is -2.32. The van der Waals surface area contributed by atoms with Gasteiger partial charge in [0.1, 0.15) is 17.1 Å². The number of esters is 2. The third-order valence-corrected chi connectivity index (χ3v) is 10.4. The number of aryl methyl sites for hydroxylation is 6. The Labute approximate surface area is 384 Å². The second-order valence-corrected chi connectivity index (χ2v) is 18.1. The minimum absolute atomic E-state index is 0.171. The SMILES string of the molecule is Cc1cc(C)cc(-c2ncn(/C=C(/C(=O)OC(C)C)c3cnn(C)c3)n2)c1.Cc1cc(C)cc(-c2ncn(/C=C(\Br)C(=O)OC(C)C)n2)c1.Cn1cc(B2OC(C)(C)C(C)(C)O2)cn1. The standard InChI is InChI=1S/C20H23N5O2.C16H18BrN3O2.C10H17BN2O2/c1-13(2)27-20(26)18(17-9-22-24(5)10-17)11-25-12-21-19(23-25)16-7-14(3)6-15(4)8-16;1-10(2)22-16(21)14(17)8-20-9-18-15(19-20)13-6-11(3)5-12(4)7-13;1-9(2)10(3,4)15-11(14-9)8-6-12-13(5)7-8/h6-13H,1-5H3;5-10H,1-4H3;6-7H,1-5H3/b18-11+;14-8-;. The molecule has 1 fully saturated rings. The maximum absolute atomic E-state index is 12.5. The topological polar surface area (TPSA) is 168 Å². The van der Waals surface area contributed by atoms with Crippen molar-refractivity contribution < 1.29 is 28.4 Å². The smallest absolute Gasteiger partial charge is 0.459 e. The number of hydrogen-bond acceptors (Lipinski definition) is 12. The molecule has 0 bridgehead atoms. The van der Waals surface area contributed by atoms with Crippen molar-refractivity contribution in [3.05, 3.63) is 106 Å². The van der Waals surface area contributed by atoms with Gasteiger partial charge < -0.3 is 18.8 Å². The highest BCUT2D eigenvalue weighted by Crippen LogP contribution is 2.36. The first-order chi connectivity index (χ1) is 30.0. The van der Waals surface area contributed by atoms with Gasteiger partial charge in [-0.2, -0.15) is 10.2 Å². The van der Waals surface area contributed by atoms with Gasteiger partial charge in [0.2, 0.25) is 0 Å². The van der Waals surface area contributed by atoms with Crippen LogP contribution in [0.3, 0.4) is 0 Å². The van der Waals surface area contributed by atoms with E-state index in [-0.39, 0.29) is 35.0 Å². The number of aromatic nitrogens is 10. The Morgan fingerprint density at radius 2 is 1.11 bits per heavy atom. The van der Waals surface area contributed by atoms with Gasteiger partial charge in [0.25, 0.3) is 0 Å². The van der Waals surface area contributed by atoms with E-state index < -0.39 is 11.9 Å². The fraction of sp³-hybridized carbons (Fsp3) is 0.391. The molecule has 0 N–H and O–H groups in total. The molecule has 1 saturated heterocycles. The van der Waals surface area contributed by atoms with Crippen LogP contribution in [0.25, 0.3) is 40.7 Å². The number of ether oxygens (including phenoxy) is 2. The Bertz CT molecular complexity index is 2580. The van der Waals surface area contributed by atoms with Gasteiger partial charge in [-0.3, -0.25) is 9.36 Å². The van der Waals surface area contributed by atoms with Crippen LogP contribution in [0.1, 0.15) is 83.2 Å². The predicted molar refractivity (Wildman–Crippen MR) is 252 cm³/mol. The normalized spacial score (nSPS) is 14.5. The fourth-order valence-corrected chi connectivity index (χ4v) is 6.64. The third kappa shape index (κ3) is 13.3. The summed E-state index contributed by atoms with van der Waals surface area (Å²) in [5.74, 6) is 0.348. The molecule has 2 aromatic carbocycles. The largest absolute Gasteiger partial charge is 0.498 e. The van der Waals surface area contributed by atoms with Gasteiger partial charge in [-0.15, -0.1) is 10.2 Å². The first-order valence-corrected chi connectivity index (χ1v) is 21.6. The van der Waals surface area contributed by atoms with E-state index in [2.05, 4.69) is 58.4 Å². The third-order valence-electron chi connectivity index (χ3n) is 9.85. The maximum atomic E-state index is 12.5. The number of benzene rings is 2. The predicted octanol–water partition coefficient (Wildman–Crippen LogP) is 7.67. The highest BCUT2D eigenvalue weighted by molar-refractivity contribution is 9.12. The van der Waals surface area contributed by atoms with E-state index in [1.165, 1.54) is 15.6 Å². The van der Waals surface area contributed by atoms with Crippen LogP contribution < -0.4 is 5.46 Å². The van der Waals surface area contributed by atoms with Gasteiger partial charge in [-0.05, 0) is 123 Å². The van der Waals surface area contributed by atoms with Crippen molar-refractivity contribution in [2.75, 3.05) is 0 Å². The Kier molecular flexibility index (Phi) is 15.9. The molecule has 7 rings (SSSR count). The molecule has 0 aliphatic carbocycles. The van der Waals surface area contributed by atoms with Gasteiger partial charge in [-0.25, -0.2) is 28.9 Å². The molecule has 5 heterocycles.